The van der Waals surface area contributed by atoms with E-state index in [4.69, 9.17) is 4.74 Å². The lowest BCUT2D eigenvalue weighted by Gasteiger charge is -2.12. The fourth-order valence-corrected chi connectivity index (χ4v) is 4.40. The molecular formula is C21H23N5O4S. The van der Waals surface area contributed by atoms with Crippen molar-refractivity contribution < 1.29 is 17.9 Å². The number of hydrogen-bond acceptors (Lipinski definition) is 6. The van der Waals surface area contributed by atoms with Crippen LogP contribution >= 0.6 is 0 Å². The molecule has 1 unspecified atom stereocenters. The average Bonchev–Trinajstić information content (AvgIpc) is 3.51. The van der Waals surface area contributed by atoms with Gasteiger partial charge in [0.1, 0.15) is 12.7 Å². The summed E-state index contributed by atoms with van der Waals surface area (Å²) in [5.41, 5.74) is 2.04. The third kappa shape index (κ3) is 5.35. The van der Waals surface area contributed by atoms with E-state index in [9.17, 15) is 13.2 Å². The van der Waals surface area contributed by atoms with Crippen molar-refractivity contribution in [2.75, 3.05) is 13.2 Å². The lowest BCUT2D eigenvalue weighted by atomic mass is 10.2. The molecule has 0 radical (unpaired) electrons. The van der Waals surface area contributed by atoms with E-state index in [1.54, 1.807) is 23.1 Å². The van der Waals surface area contributed by atoms with Crippen molar-refractivity contribution in [1.82, 2.24) is 24.8 Å². The second-order valence-electron chi connectivity index (χ2n) is 7.20. The highest BCUT2D eigenvalue weighted by Crippen LogP contribution is 2.15. The summed E-state index contributed by atoms with van der Waals surface area (Å²) >= 11 is 0. The van der Waals surface area contributed by atoms with Crippen LogP contribution in [0.1, 0.15) is 28.8 Å². The predicted molar refractivity (Wildman–Crippen MR) is 113 cm³/mol. The minimum atomic E-state index is -3.72. The van der Waals surface area contributed by atoms with Crippen LogP contribution in [0.4, 0.5) is 0 Å². The summed E-state index contributed by atoms with van der Waals surface area (Å²) < 4.78 is 34.8. The number of carbonyl (C=O) groups is 1. The quantitative estimate of drug-likeness (QED) is 0.549. The van der Waals surface area contributed by atoms with Crippen molar-refractivity contribution in [3.63, 3.8) is 0 Å². The second-order valence-corrected chi connectivity index (χ2v) is 8.97. The first-order valence-electron chi connectivity index (χ1n) is 9.95. The number of aromatic nitrogens is 3. The monoisotopic (exact) mass is 441 g/mol. The Labute approximate surface area is 180 Å². The maximum Gasteiger partial charge on any atom is 0.251 e. The molecule has 162 valence electrons. The Kier molecular flexibility index (Phi) is 6.40. The second kappa shape index (κ2) is 9.38. The van der Waals surface area contributed by atoms with Crippen LogP contribution in [0.5, 0.6) is 0 Å². The van der Waals surface area contributed by atoms with E-state index in [-0.39, 0.29) is 29.0 Å². The molecule has 1 fully saturated rings. The van der Waals surface area contributed by atoms with Crippen molar-refractivity contribution in [1.29, 1.82) is 0 Å². The number of rotatable bonds is 8. The van der Waals surface area contributed by atoms with Gasteiger partial charge in [0.05, 0.1) is 16.7 Å². The first-order valence-corrected chi connectivity index (χ1v) is 11.4. The summed E-state index contributed by atoms with van der Waals surface area (Å²) in [6.07, 6.45) is 4.74. The van der Waals surface area contributed by atoms with Gasteiger partial charge >= 0.3 is 0 Å². The molecule has 0 spiro atoms. The van der Waals surface area contributed by atoms with Crippen molar-refractivity contribution in [3.05, 3.63) is 72.3 Å². The van der Waals surface area contributed by atoms with Crippen LogP contribution in [-0.2, 0) is 21.3 Å². The van der Waals surface area contributed by atoms with Crippen molar-refractivity contribution in [2.45, 2.75) is 30.4 Å². The third-order valence-corrected chi connectivity index (χ3v) is 6.43. The van der Waals surface area contributed by atoms with Crippen LogP contribution in [0, 0.1) is 0 Å². The Bertz CT molecular complexity index is 1120. The molecule has 1 aromatic heterocycles. The van der Waals surface area contributed by atoms with Crippen molar-refractivity contribution in [3.8, 4) is 5.69 Å². The van der Waals surface area contributed by atoms with Crippen LogP contribution in [0.15, 0.2) is 66.1 Å². The van der Waals surface area contributed by atoms with Gasteiger partial charge in [-0.3, -0.25) is 4.79 Å². The molecule has 31 heavy (non-hydrogen) atoms. The summed E-state index contributed by atoms with van der Waals surface area (Å²) in [5.74, 6) is -0.350. The van der Waals surface area contributed by atoms with Crippen molar-refractivity contribution >= 4 is 15.9 Å². The van der Waals surface area contributed by atoms with Gasteiger partial charge in [-0.1, -0.05) is 18.2 Å². The molecule has 1 aliphatic heterocycles. The van der Waals surface area contributed by atoms with Crippen LogP contribution in [0.25, 0.3) is 5.69 Å². The summed E-state index contributed by atoms with van der Waals surface area (Å²) in [5, 5.41) is 6.88. The summed E-state index contributed by atoms with van der Waals surface area (Å²) in [6, 6.07) is 13.5. The Morgan fingerprint density at radius 1 is 1.19 bits per heavy atom. The molecule has 0 aliphatic carbocycles. The number of benzene rings is 2. The summed E-state index contributed by atoms with van der Waals surface area (Å²) in [4.78, 5) is 16.5. The number of amides is 1. The van der Waals surface area contributed by atoms with E-state index in [0.717, 1.165) is 24.1 Å². The smallest absolute Gasteiger partial charge is 0.251 e. The van der Waals surface area contributed by atoms with Gasteiger partial charge in [0, 0.05) is 25.3 Å². The maximum absolute atomic E-state index is 12.6. The highest BCUT2D eigenvalue weighted by Gasteiger charge is 2.21. The van der Waals surface area contributed by atoms with Crippen LogP contribution in [0.3, 0.4) is 0 Å². The zero-order chi connectivity index (χ0) is 21.7. The zero-order valence-electron chi connectivity index (χ0n) is 16.8. The number of ether oxygens (including phenoxy) is 1. The Morgan fingerprint density at radius 3 is 2.74 bits per heavy atom. The number of hydrogen-bond donors (Lipinski definition) is 2. The van der Waals surface area contributed by atoms with Crippen molar-refractivity contribution in [2.24, 2.45) is 0 Å². The molecule has 1 aliphatic rings. The first-order chi connectivity index (χ1) is 15.0. The first kappa shape index (κ1) is 21.2. The van der Waals surface area contributed by atoms with Crippen LogP contribution in [0.2, 0.25) is 0 Å². The summed E-state index contributed by atoms with van der Waals surface area (Å²) in [6.45, 7) is 1.19. The average molecular weight is 442 g/mol. The normalized spacial score (nSPS) is 16.3. The van der Waals surface area contributed by atoms with E-state index in [2.05, 4.69) is 20.1 Å². The minimum Gasteiger partial charge on any atom is -0.377 e. The van der Waals surface area contributed by atoms with Gasteiger partial charge in [0.15, 0.2) is 0 Å². The number of nitrogens with one attached hydrogen (secondary N) is 2. The number of sulfonamides is 1. The molecule has 4 rings (SSSR count). The number of carbonyl (C=O) groups excluding carboxylic acids is 1. The van der Waals surface area contributed by atoms with Gasteiger partial charge < -0.3 is 10.1 Å². The van der Waals surface area contributed by atoms with Gasteiger partial charge in [-0.2, -0.15) is 5.10 Å². The van der Waals surface area contributed by atoms with Gasteiger partial charge in [-0.05, 0) is 48.7 Å². The lowest BCUT2D eigenvalue weighted by molar-refractivity contribution is 0.0950. The lowest BCUT2D eigenvalue weighted by Crippen LogP contribution is -2.32. The largest absolute Gasteiger partial charge is 0.377 e. The Balaban J connectivity index is 1.36. The molecule has 10 heteroatoms. The van der Waals surface area contributed by atoms with E-state index in [1.165, 1.54) is 18.5 Å². The molecule has 1 atom stereocenters. The van der Waals surface area contributed by atoms with Crippen LogP contribution in [-0.4, -0.2) is 48.3 Å². The van der Waals surface area contributed by atoms with E-state index >= 15 is 0 Å². The maximum atomic E-state index is 12.6. The highest BCUT2D eigenvalue weighted by atomic mass is 32.2. The van der Waals surface area contributed by atoms with E-state index in [1.807, 2.05) is 24.3 Å². The zero-order valence-corrected chi connectivity index (χ0v) is 17.6. The molecule has 2 heterocycles. The topological polar surface area (TPSA) is 115 Å². The van der Waals surface area contributed by atoms with Gasteiger partial charge in [0.25, 0.3) is 5.91 Å². The fourth-order valence-electron chi connectivity index (χ4n) is 3.29. The molecule has 0 bridgehead atoms. The Hall–Kier alpha value is -3.08. The van der Waals surface area contributed by atoms with E-state index < -0.39 is 10.0 Å². The van der Waals surface area contributed by atoms with Gasteiger partial charge in [-0.15, -0.1) is 0 Å². The van der Waals surface area contributed by atoms with Gasteiger partial charge in [0.2, 0.25) is 10.0 Å². The van der Waals surface area contributed by atoms with E-state index in [0.29, 0.717) is 13.2 Å². The Morgan fingerprint density at radius 2 is 2.03 bits per heavy atom. The molecule has 2 aromatic carbocycles. The molecule has 9 nitrogen and oxygen atoms in total. The SMILES string of the molecule is O=C(NCc1ccc(-n2cncn2)cc1)c1cccc(S(=O)(=O)NCC2CCCO2)c1. The summed E-state index contributed by atoms with van der Waals surface area (Å²) in [7, 11) is -3.72. The molecule has 2 N–H and O–H groups in total. The molecular weight excluding hydrogens is 418 g/mol. The number of nitrogens with zero attached hydrogens (tertiary/aromatic N) is 3. The van der Waals surface area contributed by atoms with Crippen LogP contribution < -0.4 is 10.0 Å². The molecule has 0 saturated carbocycles. The third-order valence-electron chi connectivity index (χ3n) is 5.00. The standard InChI is InChI=1S/C21H23N5O4S/c27-21(23-12-16-6-8-18(9-7-16)26-15-22-14-24-26)17-3-1-5-20(11-17)31(28,29)25-13-19-4-2-10-30-19/h1,3,5-9,11,14-15,19,25H,2,4,10,12-13H2,(H,23,27). The fraction of sp³-hybridized carbons (Fsp3) is 0.286. The van der Waals surface area contributed by atoms with Gasteiger partial charge in [-0.25, -0.2) is 22.8 Å². The minimum absolute atomic E-state index is 0.0512. The predicted octanol–water partition coefficient (Wildman–Crippen LogP) is 1.65. The highest BCUT2D eigenvalue weighted by molar-refractivity contribution is 7.89. The molecule has 1 saturated heterocycles. The molecule has 1 amide bonds. The molecule has 3 aromatic rings.